The van der Waals surface area contributed by atoms with E-state index in [4.69, 9.17) is 0 Å². The molecule has 18 heavy (non-hydrogen) atoms. The first-order chi connectivity index (χ1) is 8.58. The van der Waals surface area contributed by atoms with E-state index in [0.717, 1.165) is 19.4 Å². The fourth-order valence-corrected chi connectivity index (χ4v) is 3.78. The number of nitrogens with one attached hydrogen (secondary N) is 1. The molecule has 7 heteroatoms. The van der Waals surface area contributed by atoms with E-state index >= 15 is 0 Å². The smallest absolute Gasteiger partial charge is 0.234 e. The molecule has 2 fully saturated rings. The molecular weight excluding hydrogens is 254 g/mol. The van der Waals surface area contributed by atoms with Crippen LogP contribution in [0.1, 0.15) is 12.8 Å². The summed E-state index contributed by atoms with van der Waals surface area (Å²) in [5.41, 5.74) is 0. The maximum Gasteiger partial charge on any atom is 0.234 e. The monoisotopic (exact) mass is 274 g/mol. The van der Waals surface area contributed by atoms with Crippen LogP contribution in [0.15, 0.2) is 0 Å². The Labute approximate surface area is 108 Å². The number of nitrogens with zero attached hydrogens (tertiary/aromatic N) is 2. The van der Waals surface area contributed by atoms with E-state index in [-0.39, 0.29) is 11.7 Å². The molecule has 2 rings (SSSR count). The summed E-state index contributed by atoms with van der Waals surface area (Å²) < 4.78 is 25.8. The molecule has 2 saturated heterocycles. The van der Waals surface area contributed by atoms with Gasteiger partial charge in [-0.25, -0.2) is 12.7 Å². The number of rotatable bonds is 4. The van der Waals surface area contributed by atoms with E-state index in [1.807, 2.05) is 4.90 Å². The predicted molar refractivity (Wildman–Crippen MR) is 68.3 cm³/mol. The molecule has 0 aromatic rings. The Hall–Kier alpha value is -0.660. The van der Waals surface area contributed by atoms with Gasteiger partial charge in [0.2, 0.25) is 15.9 Å². The maximum absolute atomic E-state index is 12.1. The quantitative estimate of drug-likeness (QED) is 0.717. The van der Waals surface area contributed by atoms with Crippen LogP contribution in [0.3, 0.4) is 0 Å². The summed E-state index contributed by atoms with van der Waals surface area (Å²) >= 11 is 0. The molecule has 1 N–H and O–H groups in total. The molecule has 6 nitrogen and oxygen atoms in total. The molecule has 0 aromatic heterocycles. The number of piperazine rings is 1. The third kappa shape index (κ3) is 3.66. The van der Waals surface area contributed by atoms with Crippen LogP contribution in [0.4, 0.5) is 0 Å². The first-order valence-electron chi connectivity index (χ1n) is 6.36. The third-order valence-electron chi connectivity index (χ3n) is 3.34. The number of amides is 1. The second-order valence-corrected chi connectivity index (χ2v) is 6.80. The lowest BCUT2D eigenvalue weighted by atomic mass is 10.2. The Morgan fingerprint density at radius 1 is 1.22 bits per heavy atom. The Balaban J connectivity index is 1.82. The molecular formula is C11H20N3O3S. The van der Waals surface area contributed by atoms with Crippen molar-refractivity contribution in [3.05, 3.63) is 6.42 Å². The van der Waals surface area contributed by atoms with Crippen molar-refractivity contribution in [3.8, 4) is 0 Å². The van der Waals surface area contributed by atoms with Crippen molar-refractivity contribution >= 4 is 15.9 Å². The average molecular weight is 274 g/mol. The van der Waals surface area contributed by atoms with Crippen LogP contribution in [-0.2, 0) is 14.8 Å². The topological polar surface area (TPSA) is 69.7 Å². The van der Waals surface area contributed by atoms with Gasteiger partial charge in [-0.1, -0.05) is 0 Å². The summed E-state index contributed by atoms with van der Waals surface area (Å²) in [6.45, 7) is 3.29. The highest BCUT2D eigenvalue weighted by Crippen LogP contribution is 2.12. The van der Waals surface area contributed by atoms with Gasteiger partial charge in [-0.3, -0.25) is 9.69 Å². The van der Waals surface area contributed by atoms with Crippen LogP contribution in [0.25, 0.3) is 0 Å². The zero-order valence-corrected chi connectivity index (χ0v) is 11.3. The van der Waals surface area contributed by atoms with Crippen LogP contribution in [0.5, 0.6) is 0 Å². The Morgan fingerprint density at radius 3 is 2.61 bits per heavy atom. The molecule has 0 aliphatic carbocycles. The lowest BCUT2D eigenvalue weighted by molar-refractivity contribution is -0.124. The molecule has 2 heterocycles. The fourth-order valence-electron chi connectivity index (χ4n) is 2.26. The molecule has 0 aromatic carbocycles. The van der Waals surface area contributed by atoms with Gasteiger partial charge in [0.05, 0.1) is 12.3 Å². The first-order valence-corrected chi connectivity index (χ1v) is 7.97. The lowest BCUT2D eigenvalue weighted by Gasteiger charge is -2.29. The minimum absolute atomic E-state index is 0.0220. The van der Waals surface area contributed by atoms with E-state index < -0.39 is 10.0 Å². The van der Waals surface area contributed by atoms with E-state index in [9.17, 15) is 13.2 Å². The van der Waals surface area contributed by atoms with E-state index in [1.165, 1.54) is 0 Å². The van der Waals surface area contributed by atoms with Gasteiger partial charge in [0.1, 0.15) is 0 Å². The van der Waals surface area contributed by atoms with Crippen LogP contribution < -0.4 is 5.32 Å². The zero-order valence-electron chi connectivity index (χ0n) is 10.5. The Kier molecular flexibility index (Phi) is 4.58. The summed E-state index contributed by atoms with van der Waals surface area (Å²) in [5.74, 6) is 0.0894. The second kappa shape index (κ2) is 5.99. The molecule has 103 valence electrons. The van der Waals surface area contributed by atoms with Gasteiger partial charge < -0.3 is 5.32 Å². The molecule has 0 atom stereocenters. The zero-order chi connectivity index (χ0) is 13.0. The number of hydrogen-bond acceptors (Lipinski definition) is 4. The van der Waals surface area contributed by atoms with Crippen molar-refractivity contribution in [2.75, 3.05) is 45.0 Å². The van der Waals surface area contributed by atoms with Crippen LogP contribution in [0, 0.1) is 6.42 Å². The second-order valence-electron chi connectivity index (χ2n) is 4.71. The number of hydrogen-bond donors (Lipinski definition) is 1. The van der Waals surface area contributed by atoms with Crippen LogP contribution in [0.2, 0.25) is 0 Å². The summed E-state index contributed by atoms with van der Waals surface area (Å²) in [6.07, 6.45) is 3.80. The molecule has 2 aliphatic rings. The van der Waals surface area contributed by atoms with E-state index in [2.05, 4.69) is 11.7 Å². The largest absolute Gasteiger partial charge is 0.354 e. The average Bonchev–Trinajstić information content (AvgIpc) is 2.38. The summed E-state index contributed by atoms with van der Waals surface area (Å²) in [5, 5.41) is 2.73. The van der Waals surface area contributed by atoms with Gasteiger partial charge >= 0.3 is 0 Å². The van der Waals surface area contributed by atoms with Gasteiger partial charge in [0.15, 0.2) is 0 Å². The van der Waals surface area contributed by atoms with Gasteiger partial charge in [0, 0.05) is 32.7 Å². The highest BCUT2D eigenvalue weighted by Gasteiger charge is 2.25. The number of sulfonamides is 1. The van der Waals surface area contributed by atoms with Crippen LogP contribution >= 0.6 is 0 Å². The molecule has 0 saturated carbocycles. The standard InChI is InChI=1S/C11H20N3O3S/c15-11-10-13(7-4-12-11)8-9-18(16,17)14-5-2-1-3-6-14/h1H,2-10H2,(H,12,15). The van der Waals surface area contributed by atoms with E-state index in [1.54, 1.807) is 4.31 Å². The molecule has 0 bridgehead atoms. The molecule has 1 amide bonds. The van der Waals surface area contributed by atoms with Crippen molar-refractivity contribution < 1.29 is 13.2 Å². The highest BCUT2D eigenvalue weighted by atomic mass is 32.2. The summed E-state index contributed by atoms with van der Waals surface area (Å²) in [6, 6.07) is 0. The number of piperidine rings is 1. The van der Waals surface area contributed by atoms with Crippen LogP contribution in [-0.4, -0.2) is 68.6 Å². The molecule has 0 unspecified atom stereocenters. The van der Waals surface area contributed by atoms with Crippen molar-refractivity contribution in [1.29, 1.82) is 0 Å². The minimum atomic E-state index is -3.16. The number of carbonyl (C=O) groups excluding carboxylic acids is 1. The first kappa shape index (κ1) is 13.8. The van der Waals surface area contributed by atoms with Gasteiger partial charge in [-0.05, 0) is 19.3 Å². The predicted octanol–water partition coefficient (Wildman–Crippen LogP) is -0.952. The van der Waals surface area contributed by atoms with Crippen molar-refractivity contribution in [2.45, 2.75) is 12.8 Å². The normalized spacial score (nSPS) is 23.9. The van der Waals surface area contributed by atoms with E-state index in [0.29, 0.717) is 32.7 Å². The van der Waals surface area contributed by atoms with Gasteiger partial charge in [-0.2, -0.15) is 0 Å². The van der Waals surface area contributed by atoms with Crippen molar-refractivity contribution in [3.63, 3.8) is 0 Å². The maximum atomic E-state index is 12.1. The highest BCUT2D eigenvalue weighted by molar-refractivity contribution is 7.89. The minimum Gasteiger partial charge on any atom is -0.354 e. The van der Waals surface area contributed by atoms with Crippen molar-refractivity contribution in [2.24, 2.45) is 0 Å². The Bertz CT molecular complexity index is 390. The SMILES string of the molecule is O=C1CN(CCS(=O)(=O)N2CC[CH]CC2)CCN1. The summed E-state index contributed by atoms with van der Waals surface area (Å²) in [7, 11) is -3.16. The third-order valence-corrected chi connectivity index (χ3v) is 5.19. The number of carbonyl (C=O) groups is 1. The molecule has 2 aliphatic heterocycles. The molecule has 1 radical (unpaired) electrons. The fraction of sp³-hybridized carbons (Fsp3) is 0.818. The molecule has 0 spiro atoms. The Morgan fingerprint density at radius 2 is 1.94 bits per heavy atom. The van der Waals surface area contributed by atoms with Crippen molar-refractivity contribution in [1.82, 2.24) is 14.5 Å². The van der Waals surface area contributed by atoms with Gasteiger partial charge in [0.25, 0.3) is 0 Å². The van der Waals surface area contributed by atoms with Gasteiger partial charge in [-0.15, -0.1) is 0 Å². The summed E-state index contributed by atoms with van der Waals surface area (Å²) in [4.78, 5) is 13.1. The lowest BCUT2D eigenvalue weighted by Crippen LogP contribution is -2.49.